The molecule has 1 aliphatic heterocycles. The number of aromatic nitrogens is 2. The van der Waals surface area contributed by atoms with Crippen LogP contribution in [0.15, 0.2) is 91.3 Å². The molecule has 1 fully saturated rings. The molecule has 9 heteroatoms. The summed E-state index contributed by atoms with van der Waals surface area (Å²) in [5.74, 6) is 5.60. The lowest BCUT2D eigenvalue weighted by Crippen LogP contribution is -2.37. The zero-order chi connectivity index (χ0) is 28.8. The van der Waals surface area contributed by atoms with E-state index in [0.29, 0.717) is 12.5 Å². The second-order valence-electron chi connectivity index (χ2n) is 10.6. The summed E-state index contributed by atoms with van der Waals surface area (Å²) in [5, 5.41) is 3.70. The molecule has 0 atom stereocenters. The predicted molar refractivity (Wildman–Crippen MR) is 160 cm³/mol. The van der Waals surface area contributed by atoms with E-state index in [1.54, 1.807) is 0 Å². The topological polar surface area (TPSA) is 123 Å². The highest BCUT2D eigenvalue weighted by atomic mass is 16.2. The molecule has 0 spiro atoms. The number of rotatable bonds is 8. The van der Waals surface area contributed by atoms with E-state index >= 15 is 0 Å². The fourth-order valence-electron chi connectivity index (χ4n) is 5.55. The van der Waals surface area contributed by atoms with Crippen LogP contribution in [0, 0.1) is 5.92 Å². The first-order valence-corrected chi connectivity index (χ1v) is 14.0. The summed E-state index contributed by atoms with van der Waals surface area (Å²) < 4.78 is 1.04. The Bertz CT molecular complexity index is 1410. The normalized spacial score (nSPS) is 14.2. The fraction of sp³-hybridized carbons (Fsp3) is 0.281. The van der Waals surface area contributed by atoms with Gasteiger partial charge in [0.15, 0.2) is 5.69 Å². The van der Waals surface area contributed by atoms with E-state index in [2.05, 4.69) is 88.0 Å². The van der Waals surface area contributed by atoms with E-state index in [1.165, 1.54) is 30.1 Å². The van der Waals surface area contributed by atoms with Crippen molar-refractivity contribution in [2.24, 2.45) is 11.8 Å². The van der Waals surface area contributed by atoms with Gasteiger partial charge in [0.25, 0.3) is 5.91 Å². The quantitative estimate of drug-likeness (QED) is 0.171. The molecule has 9 nitrogen and oxygen atoms in total. The van der Waals surface area contributed by atoms with Crippen LogP contribution in [0.2, 0.25) is 0 Å². The van der Waals surface area contributed by atoms with E-state index < -0.39 is 11.9 Å². The van der Waals surface area contributed by atoms with Crippen molar-refractivity contribution in [3.05, 3.63) is 119 Å². The molecule has 3 aromatic carbocycles. The molecule has 0 unspecified atom stereocenters. The van der Waals surface area contributed by atoms with Crippen molar-refractivity contribution >= 4 is 17.8 Å². The highest BCUT2D eigenvalue weighted by Crippen LogP contribution is 2.33. The van der Waals surface area contributed by atoms with E-state index in [4.69, 9.17) is 11.6 Å². The van der Waals surface area contributed by atoms with Crippen LogP contribution in [0.1, 0.15) is 51.6 Å². The molecule has 0 bridgehead atoms. The molecule has 1 aromatic heterocycles. The highest BCUT2D eigenvalue weighted by molar-refractivity contribution is 5.98. The van der Waals surface area contributed by atoms with Crippen LogP contribution < -0.4 is 16.9 Å². The number of carbonyl (C=O) groups is 2. The highest BCUT2D eigenvalue weighted by Gasteiger charge is 2.27. The number of nitrogens with zero attached hydrogens (tertiary/aromatic N) is 4. The summed E-state index contributed by atoms with van der Waals surface area (Å²) >= 11 is 0. The van der Waals surface area contributed by atoms with Gasteiger partial charge in [0, 0.05) is 13.6 Å². The van der Waals surface area contributed by atoms with Gasteiger partial charge in [0.05, 0.1) is 6.04 Å². The summed E-state index contributed by atoms with van der Waals surface area (Å²) in [5.41, 5.74) is 10.9. The number of imidazole rings is 1. The Morgan fingerprint density at radius 3 is 2.05 bits per heavy atom. The van der Waals surface area contributed by atoms with Crippen LogP contribution in [0.3, 0.4) is 0 Å². The summed E-state index contributed by atoms with van der Waals surface area (Å²) in [6, 6.07) is 29.7. The van der Waals surface area contributed by atoms with Gasteiger partial charge >= 0.3 is 6.03 Å². The van der Waals surface area contributed by atoms with Gasteiger partial charge in [-0.3, -0.25) is 14.7 Å². The summed E-state index contributed by atoms with van der Waals surface area (Å²) in [4.78, 5) is 31.2. The molecule has 5 N–H and O–H groups in total. The number of carbonyl (C=O) groups excluding carboxylic acids is 2. The first-order valence-electron chi connectivity index (χ1n) is 14.0. The predicted octanol–water partition coefficient (Wildman–Crippen LogP) is 4.21. The molecule has 2 heterocycles. The Morgan fingerprint density at radius 1 is 0.927 bits per heavy atom. The second kappa shape index (κ2) is 12.8. The third-order valence-electron chi connectivity index (χ3n) is 7.77. The molecule has 0 saturated carbocycles. The van der Waals surface area contributed by atoms with E-state index in [0.717, 1.165) is 47.5 Å². The minimum Gasteiger partial charge on any atom is -0.383 e. The van der Waals surface area contributed by atoms with Gasteiger partial charge < -0.3 is 11.1 Å². The molecule has 2 amide bonds. The Hall–Kier alpha value is -4.47. The van der Waals surface area contributed by atoms with Crippen molar-refractivity contribution < 1.29 is 9.59 Å². The van der Waals surface area contributed by atoms with Gasteiger partial charge in [-0.2, -0.15) is 0 Å². The number of likely N-dealkylation sites (tertiary alicyclic amines) is 1. The molecular formula is C32H37N7O2. The smallest absolute Gasteiger partial charge is 0.344 e. The average molecular weight is 552 g/mol. The third-order valence-corrected chi connectivity index (χ3v) is 7.77. The van der Waals surface area contributed by atoms with Gasteiger partial charge in [-0.25, -0.2) is 20.2 Å². The molecule has 0 aliphatic carbocycles. The van der Waals surface area contributed by atoms with Crippen molar-refractivity contribution in [1.82, 2.24) is 24.8 Å². The largest absolute Gasteiger partial charge is 0.383 e. The monoisotopic (exact) mass is 551 g/mol. The molecule has 41 heavy (non-hydrogen) atoms. The number of nitrogens with one attached hydrogen (secondary N) is 1. The molecule has 0 radical (unpaired) electrons. The summed E-state index contributed by atoms with van der Waals surface area (Å²) in [6.07, 6.45) is 4.55. The minimum atomic E-state index is -0.581. The van der Waals surface area contributed by atoms with Crippen LogP contribution in [-0.2, 0) is 13.0 Å². The SMILES string of the molecule is CN(N)C(=O)n1cnc(C(=O)NCc2ccc(CC3CCN(C(c4ccccc4)c4ccccc4)CC3)cc2)c1N. The van der Waals surface area contributed by atoms with Gasteiger partial charge in [-0.1, -0.05) is 84.9 Å². The first-order chi connectivity index (χ1) is 19.9. The van der Waals surface area contributed by atoms with Crippen LogP contribution in [0.4, 0.5) is 10.6 Å². The van der Waals surface area contributed by atoms with Crippen molar-refractivity contribution in [1.29, 1.82) is 0 Å². The Kier molecular flexibility index (Phi) is 8.76. The zero-order valence-electron chi connectivity index (χ0n) is 23.3. The Labute approximate surface area is 240 Å². The minimum absolute atomic E-state index is 0.00932. The van der Waals surface area contributed by atoms with Crippen molar-refractivity contribution in [2.75, 3.05) is 25.9 Å². The molecule has 212 valence electrons. The lowest BCUT2D eigenvalue weighted by molar-refractivity contribution is 0.0947. The first kappa shape index (κ1) is 28.1. The van der Waals surface area contributed by atoms with Gasteiger partial charge in [-0.05, 0) is 60.5 Å². The van der Waals surface area contributed by atoms with Crippen LogP contribution in [0.5, 0.6) is 0 Å². The van der Waals surface area contributed by atoms with Gasteiger partial charge in [-0.15, -0.1) is 0 Å². The van der Waals surface area contributed by atoms with Gasteiger partial charge in [0.1, 0.15) is 12.1 Å². The fourth-order valence-corrected chi connectivity index (χ4v) is 5.55. The van der Waals surface area contributed by atoms with Gasteiger partial charge in [0.2, 0.25) is 0 Å². The third kappa shape index (κ3) is 6.65. The standard InChI is InChI=1S/C32H37N7O2/c1-37(34)32(41)39-22-36-28(30(39)33)31(40)35-21-25-14-12-23(13-15-25)20-24-16-18-38(19-17-24)29(26-8-4-2-5-9-26)27-10-6-3-7-11-27/h2-15,22,24,29H,16-21,33-34H2,1H3,(H,35,40). The van der Waals surface area contributed by atoms with Crippen LogP contribution in [0.25, 0.3) is 0 Å². The van der Waals surface area contributed by atoms with Crippen molar-refractivity contribution in [3.63, 3.8) is 0 Å². The number of piperidine rings is 1. The Morgan fingerprint density at radius 2 is 1.49 bits per heavy atom. The maximum absolute atomic E-state index is 12.6. The van der Waals surface area contributed by atoms with Crippen LogP contribution >= 0.6 is 0 Å². The van der Waals surface area contributed by atoms with Crippen molar-refractivity contribution in [3.8, 4) is 0 Å². The number of anilines is 1. The number of hydrogen-bond acceptors (Lipinski definition) is 6. The number of amides is 2. The summed E-state index contributed by atoms with van der Waals surface area (Å²) in [6.45, 7) is 2.46. The number of nitrogens with two attached hydrogens (primary N) is 2. The lowest BCUT2D eigenvalue weighted by Gasteiger charge is -2.38. The number of nitrogen functional groups attached to an aromatic ring is 1. The van der Waals surface area contributed by atoms with Crippen LogP contribution in [-0.4, -0.2) is 51.5 Å². The molecule has 4 aromatic rings. The molecule has 1 saturated heterocycles. The molecular weight excluding hydrogens is 514 g/mol. The average Bonchev–Trinajstić information content (AvgIpc) is 3.39. The second-order valence-corrected chi connectivity index (χ2v) is 10.6. The number of hydrazine groups is 1. The number of benzene rings is 3. The lowest BCUT2D eigenvalue weighted by atomic mass is 9.87. The summed E-state index contributed by atoms with van der Waals surface area (Å²) in [7, 11) is 1.39. The van der Waals surface area contributed by atoms with E-state index in [1.807, 2.05) is 12.1 Å². The maximum atomic E-state index is 12.6. The zero-order valence-corrected chi connectivity index (χ0v) is 23.3. The van der Waals surface area contributed by atoms with E-state index in [9.17, 15) is 9.59 Å². The number of hydrogen-bond donors (Lipinski definition) is 3. The Balaban J connectivity index is 1.14. The van der Waals surface area contributed by atoms with Crippen molar-refractivity contribution in [2.45, 2.75) is 31.8 Å². The molecule has 5 rings (SSSR count). The molecule has 1 aliphatic rings. The maximum Gasteiger partial charge on any atom is 0.344 e. The van der Waals surface area contributed by atoms with E-state index in [-0.39, 0.29) is 17.6 Å².